The van der Waals surface area contributed by atoms with Crippen LogP contribution in [0.1, 0.15) is 25.8 Å². The average molecular weight is 376 g/mol. The Hall–Kier alpha value is -1.79. The van der Waals surface area contributed by atoms with Crippen LogP contribution in [-0.2, 0) is 4.74 Å². The van der Waals surface area contributed by atoms with Crippen molar-refractivity contribution < 1.29 is 4.74 Å². The lowest BCUT2D eigenvalue weighted by molar-refractivity contribution is 0.0268. The highest BCUT2D eigenvalue weighted by molar-refractivity contribution is 5.79. The Balaban J connectivity index is 1.62. The first-order chi connectivity index (χ1) is 12.9. The predicted octanol–water partition coefficient (Wildman–Crippen LogP) is 2.10. The van der Waals surface area contributed by atoms with Crippen LogP contribution in [-0.4, -0.2) is 76.4 Å². The summed E-state index contributed by atoms with van der Waals surface area (Å²) in [5.41, 5.74) is 2.48. The third-order valence-corrected chi connectivity index (χ3v) is 5.14. The van der Waals surface area contributed by atoms with Gasteiger partial charge in [-0.3, -0.25) is 9.89 Å². The number of aryl methyl sites for hydroxylation is 1. The third-order valence-electron chi connectivity index (χ3n) is 5.14. The second-order valence-electron chi connectivity index (χ2n) is 7.84. The molecule has 1 heterocycles. The van der Waals surface area contributed by atoms with E-state index in [0.717, 1.165) is 58.2 Å². The van der Waals surface area contributed by atoms with Gasteiger partial charge in [-0.05, 0) is 51.4 Å². The molecule has 1 aromatic rings. The van der Waals surface area contributed by atoms with Gasteiger partial charge in [0.1, 0.15) is 0 Å². The number of anilines is 1. The topological polar surface area (TPSA) is 52.1 Å². The molecule has 0 spiro atoms. The van der Waals surface area contributed by atoms with Crippen molar-refractivity contribution in [1.29, 1.82) is 0 Å². The summed E-state index contributed by atoms with van der Waals surface area (Å²) >= 11 is 0. The van der Waals surface area contributed by atoms with Gasteiger partial charge >= 0.3 is 0 Å². The zero-order chi connectivity index (χ0) is 19.7. The van der Waals surface area contributed by atoms with Gasteiger partial charge in [0.2, 0.25) is 0 Å². The van der Waals surface area contributed by atoms with E-state index in [1.807, 2.05) is 0 Å². The lowest BCUT2D eigenvalue weighted by Gasteiger charge is -2.36. The van der Waals surface area contributed by atoms with Crippen LogP contribution in [0.25, 0.3) is 0 Å². The Morgan fingerprint density at radius 3 is 2.56 bits per heavy atom. The van der Waals surface area contributed by atoms with Crippen molar-refractivity contribution in [2.75, 3.05) is 64.9 Å². The van der Waals surface area contributed by atoms with Gasteiger partial charge in [0.25, 0.3) is 0 Å². The van der Waals surface area contributed by atoms with Crippen LogP contribution in [0.5, 0.6) is 0 Å². The van der Waals surface area contributed by atoms with Crippen LogP contribution < -0.4 is 15.5 Å². The number of hydrogen-bond acceptors (Lipinski definition) is 4. The highest BCUT2D eigenvalue weighted by Crippen LogP contribution is 2.17. The Kier molecular flexibility index (Phi) is 8.38. The molecule has 6 nitrogen and oxygen atoms in total. The van der Waals surface area contributed by atoms with E-state index in [-0.39, 0.29) is 5.60 Å². The van der Waals surface area contributed by atoms with Gasteiger partial charge in [-0.15, -0.1) is 0 Å². The Morgan fingerprint density at radius 2 is 1.93 bits per heavy atom. The van der Waals surface area contributed by atoms with Crippen LogP contribution in [0.2, 0.25) is 0 Å². The second-order valence-corrected chi connectivity index (χ2v) is 7.84. The summed E-state index contributed by atoms with van der Waals surface area (Å²) < 4.78 is 5.43. The molecular formula is C21H37N5O. The van der Waals surface area contributed by atoms with Crippen LogP contribution in [0, 0.1) is 6.92 Å². The first kappa shape index (κ1) is 21.5. The molecular weight excluding hydrogens is 338 g/mol. The second kappa shape index (κ2) is 10.5. The monoisotopic (exact) mass is 375 g/mol. The molecule has 152 valence electrons. The summed E-state index contributed by atoms with van der Waals surface area (Å²) in [6.45, 7) is 13.5. The van der Waals surface area contributed by atoms with Crippen LogP contribution in [0.15, 0.2) is 29.3 Å². The summed E-state index contributed by atoms with van der Waals surface area (Å²) in [5, 5.41) is 6.71. The lowest BCUT2D eigenvalue weighted by Crippen LogP contribution is -2.48. The van der Waals surface area contributed by atoms with Gasteiger partial charge in [0, 0.05) is 59.1 Å². The minimum absolute atomic E-state index is 0.200. The van der Waals surface area contributed by atoms with E-state index in [1.54, 1.807) is 14.2 Å². The molecule has 1 saturated heterocycles. The number of guanidine groups is 1. The molecule has 0 aromatic heterocycles. The average Bonchev–Trinajstić information content (AvgIpc) is 2.68. The molecule has 1 aromatic carbocycles. The number of piperazine rings is 1. The van der Waals surface area contributed by atoms with Crippen molar-refractivity contribution in [2.45, 2.75) is 32.8 Å². The van der Waals surface area contributed by atoms with Crippen molar-refractivity contribution in [3.8, 4) is 0 Å². The number of ether oxygens (including phenoxy) is 1. The molecule has 0 amide bonds. The third kappa shape index (κ3) is 7.39. The summed E-state index contributed by atoms with van der Waals surface area (Å²) in [6.07, 6.45) is 1.11. The summed E-state index contributed by atoms with van der Waals surface area (Å²) in [4.78, 5) is 9.32. The van der Waals surface area contributed by atoms with Crippen molar-refractivity contribution in [3.05, 3.63) is 29.8 Å². The highest BCUT2D eigenvalue weighted by atomic mass is 16.5. The molecule has 1 aliphatic heterocycles. The maximum Gasteiger partial charge on any atom is 0.191 e. The molecule has 0 bridgehead atoms. The molecule has 2 N–H and O–H groups in total. The number of methoxy groups -OCH3 is 1. The molecule has 0 saturated carbocycles. The Morgan fingerprint density at radius 1 is 1.19 bits per heavy atom. The maximum absolute atomic E-state index is 5.43. The molecule has 1 fully saturated rings. The minimum atomic E-state index is -0.200. The molecule has 27 heavy (non-hydrogen) atoms. The zero-order valence-corrected chi connectivity index (χ0v) is 17.7. The van der Waals surface area contributed by atoms with Gasteiger partial charge in [0.15, 0.2) is 5.96 Å². The van der Waals surface area contributed by atoms with Crippen LogP contribution >= 0.6 is 0 Å². The number of rotatable bonds is 8. The van der Waals surface area contributed by atoms with Crippen molar-refractivity contribution in [2.24, 2.45) is 4.99 Å². The van der Waals surface area contributed by atoms with E-state index in [1.165, 1.54) is 11.3 Å². The quantitative estimate of drug-likeness (QED) is 0.414. The van der Waals surface area contributed by atoms with Crippen molar-refractivity contribution >= 4 is 11.6 Å². The van der Waals surface area contributed by atoms with Gasteiger partial charge < -0.3 is 20.3 Å². The summed E-state index contributed by atoms with van der Waals surface area (Å²) in [6, 6.07) is 8.81. The summed E-state index contributed by atoms with van der Waals surface area (Å²) in [5.74, 6) is 0.837. The van der Waals surface area contributed by atoms with E-state index in [0.29, 0.717) is 0 Å². The largest absolute Gasteiger partial charge is 0.377 e. The van der Waals surface area contributed by atoms with E-state index < -0.39 is 0 Å². The number of nitrogens with one attached hydrogen (secondary N) is 2. The first-order valence-corrected chi connectivity index (χ1v) is 9.97. The number of benzene rings is 1. The van der Waals surface area contributed by atoms with E-state index in [9.17, 15) is 0 Å². The molecule has 0 aliphatic carbocycles. The minimum Gasteiger partial charge on any atom is -0.377 e. The van der Waals surface area contributed by atoms with Crippen molar-refractivity contribution in [1.82, 2.24) is 15.5 Å². The lowest BCUT2D eigenvalue weighted by atomic mass is 10.1. The zero-order valence-electron chi connectivity index (χ0n) is 17.7. The van der Waals surface area contributed by atoms with Crippen LogP contribution in [0.4, 0.5) is 5.69 Å². The van der Waals surface area contributed by atoms with Gasteiger partial charge in [-0.25, -0.2) is 0 Å². The summed E-state index contributed by atoms with van der Waals surface area (Å²) in [7, 11) is 3.54. The SMILES string of the molecule is CN=C(NCCCN1CCN(c2cccc(C)c2)CC1)NCC(C)(C)OC. The fourth-order valence-electron chi connectivity index (χ4n) is 3.15. The fourth-order valence-corrected chi connectivity index (χ4v) is 3.15. The molecule has 2 rings (SSSR count). The van der Waals surface area contributed by atoms with Gasteiger partial charge in [-0.2, -0.15) is 0 Å². The van der Waals surface area contributed by atoms with E-state index >= 15 is 0 Å². The molecule has 0 radical (unpaired) electrons. The molecule has 0 atom stereocenters. The van der Waals surface area contributed by atoms with Gasteiger partial charge in [-0.1, -0.05) is 12.1 Å². The number of aliphatic imine (C=N–C) groups is 1. The molecule has 6 heteroatoms. The number of hydrogen-bond donors (Lipinski definition) is 2. The van der Waals surface area contributed by atoms with E-state index in [4.69, 9.17) is 4.74 Å². The normalized spacial score (nSPS) is 16.5. The van der Waals surface area contributed by atoms with Crippen LogP contribution in [0.3, 0.4) is 0 Å². The number of nitrogens with zero attached hydrogens (tertiary/aromatic N) is 3. The molecule has 1 aliphatic rings. The Labute approximate surface area is 165 Å². The van der Waals surface area contributed by atoms with Crippen molar-refractivity contribution in [3.63, 3.8) is 0 Å². The Bertz CT molecular complexity index is 594. The fraction of sp³-hybridized carbons (Fsp3) is 0.667. The predicted molar refractivity (Wildman–Crippen MR) is 115 cm³/mol. The smallest absolute Gasteiger partial charge is 0.191 e. The van der Waals surface area contributed by atoms with E-state index in [2.05, 4.69) is 70.5 Å². The first-order valence-electron chi connectivity index (χ1n) is 9.97. The maximum atomic E-state index is 5.43. The van der Waals surface area contributed by atoms with Gasteiger partial charge in [0.05, 0.1) is 5.60 Å². The molecule has 0 unspecified atom stereocenters. The highest BCUT2D eigenvalue weighted by Gasteiger charge is 2.18. The standard InChI is InChI=1S/C21H37N5O/c1-18-8-6-9-19(16-18)26-14-12-25(13-15-26)11-7-10-23-20(22-4)24-17-21(2,3)27-5/h6,8-9,16H,7,10-15,17H2,1-5H3,(H2,22,23,24).